The van der Waals surface area contributed by atoms with Gasteiger partial charge in [0.25, 0.3) is 0 Å². The monoisotopic (exact) mass is 422 g/mol. The Morgan fingerprint density at radius 3 is 2.33 bits per heavy atom. The molecule has 3 aliphatic rings. The third-order valence-corrected chi connectivity index (χ3v) is 6.29. The molecule has 0 aliphatic carbocycles. The average molecular weight is 422 g/mol. The van der Waals surface area contributed by atoms with Crippen molar-refractivity contribution in [3.63, 3.8) is 0 Å². The van der Waals surface area contributed by atoms with Crippen LogP contribution in [0.5, 0.6) is 11.8 Å². The summed E-state index contributed by atoms with van der Waals surface area (Å²) >= 11 is 0. The van der Waals surface area contributed by atoms with Crippen molar-refractivity contribution in [2.75, 3.05) is 13.2 Å². The van der Waals surface area contributed by atoms with Gasteiger partial charge in [-0.2, -0.15) is 18.4 Å². The number of benzene rings is 1. The van der Waals surface area contributed by atoms with Gasteiger partial charge in [-0.05, 0) is 32.0 Å². The number of nitrogens with zero attached hydrogens (tertiary/aromatic N) is 2. The fourth-order valence-electron chi connectivity index (χ4n) is 5.14. The molecule has 0 amide bonds. The molecule has 1 spiro atoms. The van der Waals surface area contributed by atoms with E-state index in [-0.39, 0.29) is 23.2 Å². The maximum atomic E-state index is 13.4. The number of alkyl halides is 3. The summed E-state index contributed by atoms with van der Waals surface area (Å²) in [6, 6.07) is 4.46. The first kappa shape index (κ1) is 19.2. The van der Waals surface area contributed by atoms with E-state index in [9.17, 15) is 23.4 Å². The lowest BCUT2D eigenvalue weighted by molar-refractivity contribution is -0.238. The molecule has 4 heterocycles. The van der Waals surface area contributed by atoms with Crippen molar-refractivity contribution < 1.29 is 37.6 Å². The van der Waals surface area contributed by atoms with Gasteiger partial charge in [0.1, 0.15) is 5.60 Å². The van der Waals surface area contributed by atoms with Crippen LogP contribution in [-0.2, 0) is 31.6 Å². The smallest absolute Gasteiger partial charge is 0.417 e. The number of nitriles is 1. The van der Waals surface area contributed by atoms with Gasteiger partial charge in [0.05, 0.1) is 47.2 Å². The Labute approximate surface area is 168 Å². The van der Waals surface area contributed by atoms with E-state index >= 15 is 0 Å². The number of fused-ring (bicyclic) bond motifs is 6. The SMILES string of the molecule is C[C@]12CC3(OCCO3)[C@](C)(O1)c1c2c(O)n(-c2ccc(C#N)c(C(F)(F)F)c2)c1O. The van der Waals surface area contributed by atoms with Gasteiger partial charge in [0.15, 0.2) is 5.60 Å². The minimum Gasteiger partial charge on any atom is -0.494 e. The predicted octanol–water partition coefficient (Wildman–Crippen LogP) is 3.39. The molecular formula is C20H17F3N2O5. The van der Waals surface area contributed by atoms with E-state index < -0.39 is 46.1 Å². The highest BCUT2D eigenvalue weighted by atomic mass is 19.4. The van der Waals surface area contributed by atoms with Gasteiger partial charge in [-0.25, -0.2) is 0 Å². The highest BCUT2D eigenvalue weighted by Gasteiger charge is 2.74. The van der Waals surface area contributed by atoms with Gasteiger partial charge in [-0.15, -0.1) is 0 Å². The fourth-order valence-corrected chi connectivity index (χ4v) is 5.14. The van der Waals surface area contributed by atoms with E-state index in [4.69, 9.17) is 19.5 Å². The van der Waals surface area contributed by atoms with Crippen molar-refractivity contribution in [1.29, 1.82) is 5.26 Å². The molecule has 2 bridgehead atoms. The number of aromatic hydroxyl groups is 2. The van der Waals surface area contributed by atoms with Crippen LogP contribution in [-0.4, -0.2) is 33.8 Å². The Kier molecular flexibility index (Phi) is 3.52. The zero-order valence-electron chi connectivity index (χ0n) is 16.0. The summed E-state index contributed by atoms with van der Waals surface area (Å²) in [5, 5.41) is 31.0. The second kappa shape index (κ2) is 5.49. The number of halogens is 3. The Morgan fingerprint density at radius 2 is 1.73 bits per heavy atom. The number of hydrogen-bond donors (Lipinski definition) is 2. The predicted molar refractivity (Wildman–Crippen MR) is 93.9 cm³/mol. The molecule has 2 fully saturated rings. The third-order valence-electron chi connectivity index (χ3n) is 6.29. The molecule has 2 atom stereocenters. The molecule has 0 unspecified atom stereocenters. The van der Waals surface area contributed by atoms with Crippen LogP contribution < -0.4 is 0 Å². The van der Waals surface area contributed by atoms with Crippen molar-refractivity contribution in [2.45, 2.75) is 43.4 Å². The second-order valence-electron chi connectivity index (χ2n) is 8.06. The molecule has 0 radical (unpaired) electrons. The number of ether oxygens (including phenoxy) is 3. The van der Waals surface area contributed by atoms with E-state index in [1.165, 1.54) is 12.1 Å². The van der Waals surface area contributed by atoms with Gasteiger partial charge in [0, 0.05) is 6.42 Å². The van der Waals surface area contributed by atoms with Crippen molar-refractivity contribution in [3.05, 3.63) is 40.5 Å². The number of hydrogen-bond acceptors (Lipinski definition) is 6. The topological polar surface area (TPSA) is 96.9 Å². The van der Waals surface area contributed by atoms with E-state index in [0.29, 0.717) is 13.2 Å². The molecule has 158 valence electrons. The van der Waals surface area contributed by atoms with Crippen LogP contribution in [0.3, 0.4) is 0 Å². The Hall–Kier alpha value is -2.74. The van der Waals surface area contributed by atoms with Crippen LogP contribution in [0.2, 0.25) is 0 Å². The molecule has 5 rings (SSSR count). The standard InChI is InChI=1S/C20H17F3N2O5/c1-17-9-19(28-5-6-29-19)18(2,30-17)14-13(17)15(26)25(16(14)27)11-4-3-10(8-24)12(7-11)20(21,22)23/h3-4,7,26-27H,5-6,9H2,1-2H3/t17-,18-/m1/s1. The maximum Gasteiger partial charge on any atom is 0.417 e. The van der Waals surface area contributed by atoms with Gasteiger partial charge in [-0.3, -0.25) is 4.57 Å². The first-order valence-electron chi connectivity index (χ1n) is 9.25. The molecular weight excluding hydrogens is 405 g/mol. The molecule has 2 N–H and O–H groups in total. The van der Waals surface area contributed by atoms with Gasteiger partial charge in [-0.1, -0.05) is 0 Å². The zero-order valence-corrected chi connectivity index (χ0v) is 16.0. The van der Waals surface area contributed by atoms with Gasteiger partial charge < -0.3 is 24.4 Å². The van der Waals surface area contributed by atoms with Crippen molar-refractivity contribution >= 4 is 0 Å². The first-order valence-corrected chi connectivity index (χ1v) is 9.25. The lowest BCUT2D eigenvalue weighted by Gasteiger charge is -2.37. The minimum absolute atomic E-state index is 0.139. The van der Waals surface area contributed by atoms with Crippen LogP contribution in [0.4, 0.5) is 13.2 Å². The molecule has 2 aromatic rings. The molecule has 30 heavy (non-hydrogen) atoms. The van der Waals surface area contributed by atoms with Crippen molar-refractivity contribution in [2.24, 2.45) is 0 Å². The Bertz CT molecular complexity index is 1130. The van der Waals surface area contributed by atoms with Crippen LogP contribution in [0.25, 0.3) is 5.69 Å². The normalized spacial score (nSPS) is 28.8. The van der Waals surface area contributed by atoms with Crippen LogP contribution in [0.15, 0.2) is 18.2 Å². The quantitative estimate of drug-likeness (QED) is 0.732. The molecule has 1 aromatic carbocycles. The molecule has 3 aliphatic heterocycles. The van der Waals surface area contributed by atoms with Crippen molar-refractivity contribution in [1.82, 2.24) is 4.57 Å². The maximum absolute atomic E-state index is 13.4. The largest absolute Gasteiger partial charge is 0.494 e. The minimum atomic E-state index is -4.78. The van der Waals surface area contributed by atoms with Gasteiger partial charge in [0.2, 0.25) is 17.5 Å². The van der Waals surface area contributed by atoms with Gasteiger partial charge >= 0.3 is 6.18 Å². The van der Waals surface area contributed by atoms with Crippen LogP contribution in [0.1, 0.15) is 42.5 Å². The molecule has 10 heteroatoms. The molecule has 2 saturated heterocycles. The van der Waals surface area contributed by atoms with E-state index in [0.717, 1.165) is 16.7 Å². The summed E-state index contributed by atoms with van der Waals surface area (Å²) in [4.78, 5) is 0. The lowest BCUT2D eigenvalue weighted by atomic mass is 9.75. The lowest BCUT2D eigenvalue weighted by Crippen LogP contribution is -2.48. The molecule has 0 saturated carbocycles. The van der Waals surface area contributed by atoms with E-state index in [2.05, 4.69) is 0 Å². The zero-order chi connectivity index (χ0) is 21.7. The summed E-state index contributed by atoms with van der Waals surface area (Å²) < 4.78 is 59.0. The van der Waals surface area contributed by atoms with Crippen LogP contribution >= 0.6 is 0 Å². The first-order chi connectivity index (χ1) is 14.0. The summed E-state index contributed by atoms with van der Waals surface area (Å²) in [7, 11) is 0. The second-order valence-corrected chi connectivity index (χ2v) is 8.06. The Morgan fingerprint density at radius 1 is 1.10 bits per heavy atom. The van der Waals surface area contributed by atoms with Crippen LogP contribution in [0, 0.1) is 11.3 Å². The van der Waals surface area contributed by atoms with Crippen molar-refractivity contribution in [3.8, 4) is 23.5 Å². The highest BCUT2D eigenvalue weighted by Crippen LogP contribution is 2.69. The average Bonchev–Trinajstić information content (AvgIpc) is 3.35. The molecule has 1 aromatic heterocycles. The Balaban J connectivity index is 1.74. The molecule has 7 nitrogen and oxygen atoms in total. The summed E-state index contributed by atoms with van der Waals surface area (Å²) in [5.41, 5.74) is -3.69. The number of rotatable bonds is 1. The number of aromatic nitrogens is 1. The third kappa shape index (κ3) is 2.09. The highest BCUT2D eigenvalue weighted by molar-refractivity contribution is 5.63. The summed E-state index contributed by atoms with van der Waals surface area (Å²) in [6.07, 6.45) is -4.53. The summed E-state index contributed by atoms with van der Waals surface area (Å²) in [5.74, 6) is -2.06. The summed E-state index contributed by atoms with van der Waals surface area (Å²) in [6.45, 7) is 4.05. The fraction of sp³-hybridized carbons (Fsp3) is 0.450. The van der Waals surface area contributed by atoms with E-state index in [1.807, 2.05) is 0 Å². The van der Waals surface area contributed by atoms with E-state index in [1.54, 1.807) is 13.8 Å².